The number of fused-ring (bicyclic) bond motifs is 7. The summed E-state index contributed by atoms with van der Waals surface area (Å²) in [7, 11) is 1.50. The van der Waals surface area contributed by atoms with Crippen LogP contribution in [0.4, 0.5) is 0 Å². The molecule has 0 heterocycles. The highest BCUT2D eigenvalue weighted by molar-refractivity contribution is 6.30. The predicted molar refractivity (Wildman–Crippen MR) is 228 cm³/mol. The molecule has 12 unspecified atom stereocenters. The van der Waals surface area contributed by atoms with Gasteiger partial charge in [0, 0.05) is 34.9 Å². The van der Waals surface area contributed by atoms with Crippen LogP contribution in [0.1, 0.15) is 136 Å². The lowest BCUT2D eigenvalue weighted by molar-refractivity contribution is -0.196. The van der Waals surface area contributed by atoms with Crippen molar-refractivity contribution < 1.29 is 28.7 Å². The predicted octanol–water partition coefficient (Wildman–Crippen LogP) is 8.51. The van der Waals surface area contributed by atoms with Gasteiger partial charge in [0.1, 0.15) is 17.9 Å². The van der Waals surface area contributed by atoms with E-state index in [0.29, 0.717) is 71.8 Å². The molecule has 0 bridgehead atoms. The molecular weight excluding hydrogens is 750 g/mol. The van der Waals surface area contributed by atoms with Crippen molar-refractivity contribution >= 4 is 41.5 Å². The molecular formula is C48H70ClN3O6. The van der Waals surface area contributed by atoms with Crippen LogP contribution in [0.3, 0.4) is 0 Å². The minimum Gasteiger partial charge on any atom is -0.462 e. The van der Waals surface area contributed by atoms with Gasteiger partial charge in [0.05, 0.1) is 5.92 Å². The molecule has 0 aromatic heterocycles. The van der Waals surface area contributed by atoms with Crippen LogP contribution in [0.2, 0.25) is 5.02 Å². The maximum Gasteiger partial charge on any atom is 0.309 e. The number of ether oxygens (including phenoxy) is 1. The molecule has 4 N–H and O–H groups in total. The summed E-state index contributed by atoms with van der Waals surface area (Å²) >= 11 is 6.00. The van der Waals surface area contributed by atoms with Gasteiger partial charge in [0.25, 0.3) is 5.91 Å². The molecule has 1 aromatic carbocycles. The number of hydrogen-bond acceptors (Lipinski definition) is 7. The van der Waals surface area contributed by atoms with E-state index in [1.807, 2.05) is 6.92 Å². The first-order chi connectivity index (χ1) is 27.4. The molecule has 6 aliphatic rings. The minimum absolute atomic E-state index is 0.0221. The average Bonchev–Trinajstić information content (AvgIpc) is 3.48. The summed E-state index contributed by atoms with van der Waals surface area (Å²) in [6.07, 6.45) is 11.3. The number of allylic oxidation sites excluding steroid dienone is 2. The van der Waals surface area contributed by atoms with Crippen molar-refractivity contribution in [1.29, 1.82) is 0 Å². The maximum atomic E-state index is 14.0. The van der Waals surface area contributed by atoms with E-state index in [2.05, 4.69) is 51.0 Å². The van der Waals surface area contributed by atoms with E-state index in [9.17, 15) is 24.0 Å². The lowest BCUT2D eigenvalue weighted by Crippen LogP contribution is -2.61. The highest BCUT2D eigenvalue weighted by Crippen LogP contribution is 2.72. The zero-order chi connectivity index (χ0) is 42.5. The molecule has 0 radical (unpaired) electrons. The summed E-state index contributed by atoms with van der Waals surface area (Å²) in [5, 5.41) is 6.57. The fourth-order valence-electron chi connectivity index (χ4n) is 13.7. The molecule has 320 valence electrons. The monoisotopic (exact) mass is 819 g/mol. The molecule has 0 saturated heterocycles. The lowest BCUT2D eigenvalue weighted by atomic mass is 9.38. The number of nitrogens with one attached hydrogen (secondary N) is 2. The van der Waals surface area contributed by atoms with Gasteiger partial charge in [-0.15, -0.1) is 0 Å². The smallest absolute Gasteiger partial charge is 0.309 e. The molecule has 2 amide bonds. The highest BCUT2D eigenvalue weighted by atomic mass is 35.5. The molecule has 7 rings (SSSR count). The van der Waals surface area contributed by atoms with Crippen LogP contribution in [0.25, 0.3) is 0 Å². The number of carbonyl (C=O) groups is 5. The molecule has 58 heavy (non-hydrogen) atoms. The Morgan fingerprint density at radius 1 is 0.948 bits per heavy atom. The van der Waals surface area contributed by atoms with Gasteiger partial charge >= 0.3 is 5.97 Å². The van der Waals surface area contributed by atoms with Crippen molar-refractivity contribution in [3.8, 4) is 0 Å². The number of aldehydes is 1. The summed E-state index contributed by atoms with van der Waals surface area (Å²) in [4.78, 5) is 65.1. The fraction of sp³-hybridized carbons (Fsp3) is 0.729. The quantitative estimate of drug-likeness (QED) is 0.159. The van der Waals surface area contributed by atoms with Crippen molar-refractivity contribution in [1.82, 2.24) is 10.6 Å². The third-order valence-corrected chi connectivity index (χ3v) is 17.1. The Morgan fingerprint density at radius 3 is 2.22 bits per heavy atom. The summed E-state index contributed by atoms with van der Waals surface area (Å²) in [6.45, 7) is 17.7. The topological polar surface area (TPSA) is 145 Å². The van der Waals surface area contributed by atoms with E-state index < -0.39 is 5.54 Å². The Kier molecular flexibility index (Phi) is 12.9. The second-order valence-electron chi connectivity index (χ2n) is 20.4. The number of halogens is 1. The minimum atomic E-state index is -1.13. The summed E-state index contributed by atoms with van der Waals surface area (Å²) in [5.74, 6) is 1.90. The van der Waals surface area contributed by atoms with E-state index in [0.717, 1.165) is 63.2 Å². The van der Waals surface area contributed by atoms with Crippen molar-refractivity contribution in [2.24, 2.45) is 75.2 Å². The lowest BCUT2D eigenvalue weighted by Gasteiger charge is -2.67. The van der Waals surface area contributed by atoms with E-state index in [4.69, 9.17) is 16.3 Å². The molecule has 9 nitrogen and oxygen atoms in total. The summed E-state index contributed by atoms with van der Waals surface area (Å²) in [6, 6.07) is 6.61. The number of carbonyl (C=O) groups excluding carboxylic acids is 5. The molecule has 0 aliphatic heterocycles. The zero-order valence-corrected chi connectivity index (χ0v) is 37.3. The Balaban J connectivity index is 0.00000279. The maximum absolute atomic E-state index is 14.0. The van der Waals surface area contributed by atoms with Gasteiger partial charge in [-0.2, -0.15) is 0 Å². The first-order valence-corrected chi connectivity index (χ1v) is 22.6. The van der Waals surface area contributed by atoms with Crippen LogP contribution >= 0.6 is 11.6 Å². The van der Waals surface area contributed by atoms with Gasteiger partial charge in [-0.3, -0.25) is 19.2 Å². The third-order valence-electron chi connectivity index (χ3n) is 16.8. The normalized spacial score (nSPS) is 37.8. The van der Waals surface area contributed by atoms with Crippen LogP contribution in [-0.2, 0) is 23.9 Å². The van der Waals surface area contributed by atoms with Crippen molar-refractivity contribution in [3.05, 3.63) is 46.0 Å². The van der Waals surface area contributed by atoms with Gasteiger partial charge in [0.15, 0.2) is 5.78 Å². The van der Waals surface area contributed by atoms with E-state index in [-0.39, 0.29) is 63.8 Å². The van der Waals surface area contributed by atoms with Gasteiger partial charge in [-0.25, -0.2) is 0 Å². The number of benzene rings is 1. The number of esters is 1. The third kappa shape index (κ3) is 7.62. The summed E-state index contributed by atoms with van der Waals surface area (Å²) < 4.78 is 6.28. The number of ketones is 1. The number of Topliss-reactive ketones (excluding diaryl/α,β-unsaturated/α-hetero) is 1. The molecule has 1 aromatic rings. The molecule has 5 saturated carbocycles. The fourth-order valence-corrected chi connectivity index (χ4v) is 13.8. The van der Waals surface area contributed by atoms with Crippen molar-refractivity contribution in [2.45, 2.75) is 138 Å². The van der Waals surface area contributed by atoms with E-state index in [1.165, 1.54) is 12.6 Å². The molecule has 10 heteroatoms. The molecule has 0 spiro atoms. The van der Waals surface area contributed by atoms with Gasteiger partial charge in [-0.05, 0) is 167 Å². The Hall–Kier alpha value is -3.04. The number of rotatable bonds is 10. The van der Waals surface area contributed by atoms with Crippen molar-refractivity contribution in [3.63, 3.8) is 0 Å². The second-order valence-corrected chi connectivity index (χ2v) is 20.8. The Labute approximate surface area is 352 Å². The molecule has 5 fully saturated rings. The first kappa shape index (κ1) is 44.5. The first-order valence-electron chi connectivity index (χ1n) is 22.2. The highest BCUT2D eigenvalue weighted by Gasteiger charge is 2.65. The van der Waals surface area contributed by atoms with Crippen LogP contribution in [0, 0.1) is 69.5 Å². The van der Waals surface area contributed by atoms with Gasteiger partial charge < -0.3 is 25.9 Å². The van der Waals surface area contributed by atoms with Crippen LogP contribution in [0.5, 0.6) is 0 Å². The number of hydrogen-bond donors (Lipinski definition) is 3. The number of nitrogens with two attached hydrogens (primary N) is 1. The van der Waals surface area contributed by atoms with E-state index in [1.54, 1.807) is 38.1 Å². The van der Waals surface area contributed by atoms with Gasteiger partial charge in [-0.1, -0.05) is 58.7 Å². The van der Waals surface area contributed by atoms with Crippen LogP contribution < -0.4 is 16.4 Å². The number of amides is 2. The molecule has 6 aliphatic carbocycles. The molecule has 12 atom stereocenters. The largest absolute Gasteiger partial charge is 0.462 e. The van der Waals surface area contributed by atoms with Gasteiger partial charge in [0.2, 0.25) is 5.91 Å². The Bertz CT molecular complexity index is 1790. The second kappa shape index (κ2) is 16.8. The van der Waals surface area contributed by atoms with Crippen LogP contribution in [0.15, 0.2) is 35.4 Å². The van der Waals surface area contributed by atoms with Crippen molar-refractivity contribution in [2.75, 3.05) is 13.6 Å². The zero-order valence-electron chi connectivity index (χ0n) is 36.6. The average molecular weight is 821 g/mol. The van der Waals surface area contributed by atoms with E-state index >= 15 is 0 Å². The SMILES string of the molecule is CC(C)C1=C2C3CCC4C(C)(CCC5C(C)C(OC(=O)C6CC(C=O)C6C)CCC54C)C3CCC2(CCNC(=O)C(C)(C)NC(=O)c2ccc(Cl)cc2)CC1=O.CN. The van der Waals surface area contributed by atoms with Crippen LogP contribution in [-0.4, -0.2) is 55.1 Å². The summed E-state index contributed by atoms with van der Waals surface area (Å²) in [5.41, 5.74) is 6.37. The Morgan fingerprint density at radius 2 is 1.59 bits per heavy atom. The standard InChI is InChI=1S/C47H65ClN2O6.CH5N/c1-26(2)39-36(52)24-47(21-22-49-43(55)44(5,6)50-41(53)29-9-11-31(48)12-10-29)20-16-35-32(40(39)47)13-14-38-45(7)19-17-37(28(4)34(45)15-18-46(35,38)8)56-42(54)33-23-30(25-51)27(33)3;1-2/h9-12,25-28,30,32-35,37-38H,13-24H2,1-8H3,(H,49,55)(H,50,53);2H2,1H3.